The van der Waals surface area contributed by atoms with Gasteiger partial charge in [0.25, 0.3) is 11.8 Å². The van der Waals surface area contributed by atoms with E-state index in [9.17, 15) is 22.4 Å². The maximum absolute atomic E-state index is 14.8. The summed E-state index contributed by atoms with van der Waals surface area (Å²) < 4.78 is 63.2. The first-order valence-electron chi connectivity index (χ1n) is 8.32. The van der Waals surface area contributed by atoms with E-state index in [1.54, 1.807) is 6.92 Å². The van der Waals surface area contributed by atoms with E-state index >= 15 is 0 Å². The van der Waals surface area contributed by atoms with E-state index in [4.69, 9.17) is 10.2 Å². The molecule has 3 N–H and O–H groups in total. The smallest absolute Gasteiger partial charge is 0.280 e. The molecule has 6 nitrogen and oxygen atoms in total. The van der Waals surface area contributed by atoms with Gasteiger partial charge in [0.1, 0.15) is 17.9 Å². The highest BCUT2D eigenvalue weighted by Gasteiger charge is 2.60. The molecule has 2 heterocycles. The number of carbonyl (C=O) groups excluding carboxylic acids is 1. The fraction of sp³-hybridized carbons (Fsp3) is 0.389. The second kappa shape index (κ2) is 6.32. The van der Waals surface area contributed by atoms with Crippen LogP contribution in [0.5, 0.6) is 0 Å². The molecule has 2 aromatic rings. The number of amides is 1. The quantitative estimate of drug-likeness (QED) is 0.771. The van der Waals surface area contributed by atoms with Crippen LogP contribution in [0.25, 0.3) is 0 Å². The average Bonchev–Trinajstić information content (AvgIpc) is 3.01. The average molecular weight is 398 g/mol. The van der Waals surface area contributed by atoms with Crippen molar-refractivity contribution in [3.8, 4) is 0 Å². The Kier molecular flexibility index (Phi) is 4.48. The predicted octanol–water partition coefficient (Wildman–Crippen LogP) is 3.71. The number of halogens is 4. The molecule has 150 valence electrons. The number of nitrogens with zero attached hydrogens (tertiary/aromatic N) is 2. The lowest BCUT2D eigenvalue weighted by Crippen LogP contribution is -2.56. The molecule has 1 aliphatic heterocycles. The van der Waals surface area contributed by atoms with Crippen molar-refractivity contribution in [3.63, 3.8) is 0 Å². The van der Waals surface area contributed by atoms with E-state index in [2.05, 4.69) is 15.3 Å². The lowest BCUT2D eigenvalue weighted by molar-refractivity contribution is -0.106. The molecule has 0 aliphatic carbocycles. The van der Waals surface area contributed by atoms with Gasteiger partial charge in [-0.15, -0.1) is 0 Å². The van der Waals surface area contributed by atoms with Crippen LogP contribution in [0.1, 0.15) is 42.2 Å². The van der Waals surface area contributed by atoms with Crippen molar-refractivity contribution in [2.45, 2.75) is 44.3 Å². The number of hydrogen-bond acceptors (Lipinski definition) is 5. The van der Waals surface area contributed by atoms with Crippen LogP contribution < -0.4 is 11.1 Å². The summed E-state index contributed by atoms with van der Waals surface area (Å²) in [6.07, 6.45) is -0.126. The molecule has 1 aliphatic rings. The monoisotopic (exact) mass is 398 g/mol. The molecule has 0 spiro atoms. The topological polar surface area (TPSA) is 93.5 Å². The molecule has 1 aromatic carbocycles. The van der Waals surface area contributed by atoms with Crippen LogP contribution >= 0.6 is 0 Å². The summed E-state index contributed by atoms with van der Waals surface area (Å²) in [5.74, 6) is -5.77. The zero-order valence-electron chi connectivity index (χ0n) is 15.3. The number of aliphatic imine (C=N–C) groups is 1. The summed E-state index contributed by atoms with van der Waals surface area (Å²) in [4.78, 5) is 19.6. The number of alkyl halides is 3. The summed E-state index contributed by atoms with van der Waals surface area (Å²) in [6.45, 7) is 3.41. The number of aromatic nitrogens is 1. The first-order chi connectivity index (χ1) is 12.9. The van der Waals surface area contributed by atoms with Gasteiger partial charge in [0.2, 0.25) is 0 Å². The maximum Gasteiger partial charge on any atom is 0.280 e. The number of nitrogens with two attached hydrogens (primary N) is 1. The summed E-state index contributed by atoms with van der Waals surface area (Å²) in [5, 5.41) is 2.42. The van der Waals surface area contributed by atoms with Crippen LogP contribution in [0.4, 0.5) is 23.2 Å². The fourth-order valence-electron chi connectivity index (χ4n) is 3.02. The summed E-state index contributed by atoms with van der Waals surface area (Å²) in [5.41, 5.74) is 0.0322. The first kappa shape index (κ1) is 19.8. The van der Waals surface area contributed by atoms with Crippen molar-refractivity contribution in [1.82, 2.24) is 4.98 Å². The number of carbonyl (C=O) groups is 1. The molecule has 0 saturated heterocycles. The third-order valence-corrected chi connectivity index (χ3v) is 4.74. The Morgan fingerprint density at radius 3 is 2.57 bits per heavy atom. The van der Waals surface area contributed by atoms with Crippen molar-refractivity contribution in [2.24, 2.45) is 10.7 Å². The van der Waals surface area contributed by atoms with Crippen molar-refractivity contribution in [1.29, 1.82) is 0 Å². The van der Waals surface area contributed by atoms with Crippen LogP contribution in [-0.4, -0.2) is 28.3 Å². The number of benzene rings is 1. The van der Waals surface area contributed by atoms with Gasteiger partial charge in [0.05, 0.1) is 6.42 Å². The zero-order valence-corrected chi connectivity index (χ0v) is 15.3. The van der Waals surface area contributed by atoms with Gasteiger partial charge in [0.15, 0.2) is 22.8 Å². The highest BCUT2D eigenvalue weighted by Crippen LogP contribution is 2.50. The maximum atomic E-state index is 14.8. The lowest BCUT2D eigenvalue weighted by atomic mass is 9.77. The second-order valence-corrected chi connectivity index (χ2v) is 7.05. The Morgan fingerprint density at radius 2 is 1.96 bits per heavy atom. The van der Waals surface area contributed by atoms with Crippen LogP contribution in [0.3, 0.4) is 0 Å². The van der Waals surface area contributed by atoms with E-state index in [0.717, 1.165) is 32.2 Å². The Labute approximate surface area is 157 Å². The van der Waals surface area contributed by atoms with Gasteiger partial charge in [-0.2, -0.15) is 0 Å². The minimum Gasteiger partial charge on any atom is -0.448 e. The number of amidine groups is 1. The Hall–Kier alpha value is -2.91. The van der Waals surface area contributed by atoms with Crippen molar-refractivity contribution >= 4 is 17.4 Å². The molecule has 28 heavy (non-hydrogen) atoms. The van der Waals surface area contributed by atoms with Crippen molar-refractivity contribution in [2.75, 3.05) is 5.32 Å². The van der Waals surface area contributed by atoms with Crippen LogP contribution in [0.2, 0.25) is 0 Å². The molecule has 1 aromatic heterocycles. The second-order valence-electron chi connectivity index (χ2n) is 7.05. The van der Waals surface area contributed by atoms with Gasteiger partial charge in [-0.3, -0.25) is 9.79 Å². The highest BCUT2D eigenvalue weighted by atomic mass is 19.3. The third kappa shape index (κ3) is 3.23. The largest absolute Gasteiger partial charge is 0.448 e. The van der Waals surface area contributed by atoms with Gasteiger partial charge in [-0.05, 0) is 32.0 Å². The lowest BCUT2D eigenvalue weighted by Gasteiger charge is -2.42. The van der Waals surface area contributed by atoms with Crippen molar-refractivity contribution < 1.29 is 26.8 Å². The summed E-state index contributed by atoms with van der Waals surface area (Å²) in [7, 11) is 0. The molecule has 3 rings (SSSR count). The Balaban J connectivity index is 2.01. The highest BCUT2D eigenvalue weighted by molar-refractivity contribution is 6.02. The molecule has 2 atom stereocenters. The molecule has 0 fully saturated rings. The normalized spacial score (nSPS) is 26.6. The van der Waals surface area contributed by atoms with Gasteiger partial charge >= 0.3 is 0 Å². The van der Waals surface area contributed by atoms with Gasteiger partial charge in [-0.1, -0.05) is 0 Å². The van der Waals surface area contributed by atoms with Crippen molar-refractivity contribution in [3.05, 3.63) is 47.4 Å². The Morgan fingerprint density at radius 1 is 1.29 bits per heavy atom. The summed E-state index contributed by atoms with van der Waals surface area (Å²) in [6, 6.07) is 3.13. The van der Waals surface area contributed by atoms with Crippen LogP contribution in [-0.2, 0) is 5.54 Å². The van der Waals surface area contributed by atoms with Gasteiger partial charge < -0.3 is 15.5 Å². The number of anilines is 1. The van der Waals surface area contributed by atoms with Gasteiger partial charge in [0, 0.05) is 18.2 Å². The molecule has 0 bridgehead atoms. The van der Waals surface area contributed by atoms with Gasteiger partial charge in [-0.25, -0.2) is 22.5 Å². The van der Waals surface area contributed by atoms with Crippen LogP contribution in [0.15, 0.2) is 33.9 Å². The van der Waals surface area contributed by atoms with Crippen LogP contribution in [0, 0.1) is 12.7 Å². The predicted molar refractivity (Wildman–Crippen MR) is 93.6 cm³/mol. The molecule has 1 amide bonds. The number of hydrogen-bond donors (Lipinski definition) is 2. The third-order valence-electron chi connectivity index (χ3n) is 4.74. The minimum absolute atomic E-state index is 0.0291. The molecule has 0 radical (unpaired) electrons. The Bertz CT molecular complexity index is 970. The van der Waals surface area contributed by atoms with E-state index in [0.29, 0.717) is 0 Å². The molecule has 10 heteroatoms. The fourth-order valence-corrected chi connectivity index (χ4v) is 3.02. The number of oxazole rings is 1. The molecule has 0 saturated carbocycles. The molecular formula is C18H18F4N4O2. The number of nitrogens with one attached hydrogen (secondary N) is 1. The minimum atomic E-state index is -3.73. The molecular weight excluding hydrogens is 380 g/mol. The number of aryl methyl sites for hydroxylation is 1. The van der Waals surface area contributed by atoms with E-state index in [-0.39, 0.29) is 17.3 Å². The van der Waals surface area contributed by atoms with E-state index in [1.807, 2.05) is 0 Å². The van der Waals surface area contributed by atoms with E-state index in [1.165, 1.54) is 6.07 Å². The number of rotatable bonds is 3. The SMILES string of the molecule is Cc1nc(C(=O)Nc2ccc(F)c([C@@]3(C)N=C(N)[C@@](C)(F)CC3(F)F)c2)co1. The first-order valence-corrected chi connectivity index (χ1v) is 8.32. The zero-order chi connectivity index (χ0) is 20.9. The standard InChI is InChI=1S/C18H18F4N4O2/c1-9-24-13(7-28-9)14(27)25-10-4-5-12(19)11(6-10)17(3)18(21,22)8-16(2,20)15(23)26-17/h4-7H,8H2,1-3H3,(H2,23,26)(H,25,27)/t16-,17+/m0/s1. The summed E-state index contributed by atoms with van der Waals surface area (Å²) >= 11 is 0. The molecule has 0 unspecified atom stereocenters. The van der Waals surface area contributed by atoms with E-state index < -0.39 is 46.7 Å².